The van der Waals surface area contributed by atoms with Crippen LogP contribution < -0.4 is 4.74 Å². The summed E-state index contributed by atoms with van der Waals surface area (Å²) in [6.45, 7) is 0.760. The van der Waals surface area contributed by atoms with Gasteiger partial charge in [-0.25, -0.2) is 9.97 Å². The van der Waals surface area contributed by atoms with E-state index in [0.717, 1.165) is 23.3 Å². The smallest absolute Gasteiger partial charge is 0.176 e. The van der Waals surface area contributed by atoms with Gasteiger partial charge in [0.25, 0.3) is 0 Å². The second kappa shape index (κ2) is 4.66. The molecule has 0 aliphatic heterocycles. The van der Waals surface area contributed by atoms with Crippen molar-refractivity contribution >= 4 is 11.3 Å². The van der Waals surface area contributed by atoms with Gasteiger partial charge in [0, 0.05) is 24.8 Å². The Morgan fingerprint density at radius 3 is 3.06 bits per heavy atom. The zero-order chi connectivity index (χ0) is 12.4. The minimum Gasteiger partial charge on any atom is -0.487 e. The molecule has 18 heavy (non-hydrogen) atoms. The van der Waals surface area contributed by atoms with E-state index in [0.29, 0.717) is 0 Å². The van der Waals surface area contributed by atoms with Crippen molar-refractivity contribution < 1.29 is 4.74 Å². The summed E-state index contributed by atoms with van der Waals surface area (Å²) in [5.41, 5.74) is 1.20. The first-order valence-corrected chi connectivity index (χ1v) is 6.37. The Morgan fingerprint density at radius 1 is 1.39 bits per heavy atom. The molecule has 0 unspecified atom stereocenters. The summed E-state index contributed by atoms with van der Waals surface area (Å²) in [6, 6.07) is 2.04. The summed E-state index contributed by atoms with van der Waals surface area (Å²) in [5, 5.41) is 3.01. The molecular formula is C12H12N4OS. The number of H-pyrrole nitrogens is 1. The van der Waals surface area contributed by atoms with Crippen molar-refractivity contribution in [3.8, 4) is 16.7 Å². The molecule has 5 nitrogen and oxygen atoms in total. The highest BCUT2D eigenvalue weighted by atomic mass is 32.1. The van der Waals surface area contributed by atoms with E-state index in [1.54, 1.807) is 37.0 Å². The van der Waals surface area contributed by atoms with Crippen molar-refractivity contribution in [3.63, 3.8) is 0 Å². The maximum atomic E-state index is 5.19. The SMILES string of the molecule is COc1cc(Cn2ccnc2-c2ncc[nH]2)cs1. The Kier molecular flexibility index (Phi) is 2.85. The maximum Gasteiger partial charge on any atom is 0.176 e. The molecule has 3 heterocycles. The summed E-state index contributed by atoms with van der Waals surface area (Å²) >= 11 is 1.60. The summed E-state index contributed by atoms with van der Waals surface area (Å²) in [4.78, 5) is 11.6. The first-order chi connectivity index (χ1) is 8.86. The summed E-state index contributed by atoms with van der Waals surface area (Å²) in [6.07, 6.45) is 7.24. The van der Waals surface area contributed by atoms with Crippen LogP contribution in [0.15, 0.2) is 36.2 Å². The average Bonchev–Trinajstić information content (AvgIpc) is 3.09. The van der Waals surface area contributed by atoms with Gasteiger partial charge < -0.3 is 14.3 Å². The highest BCUT2D eigenvalue weighted by molar-refractivity contribution is 7.12. The van der Waals surface area contributed by atoms with Gasteiger partial charge in [-0.15, -0.1) is 11.3 Å². The number of nitrogens with one attached hydrogen (secondary N) is 1. The van der Waals surface area contributed by atoms with Crippen LogP contribution in [-0.2, 0) is 6.54 Å². The number of hydrogen-bond acceptors (Lipinski definition) is 4. The predicted molar refractivity (Wildman–Crippen MR) is 69.8 cm³/mol. The lowest BCUT2D eigenvalue weighted by molar-refractivity contribution is 0.427. The lowest BCUT2D eigenvalue weighted by Gasteiger charge is -2.04. The lowest BCUT2D eigenvalue weighted by atomic mass is 10.3. The maximum absolute atomic E-state index is 5.19. The van der Waals surface area contributed by atoms with Crippen molar-refractivity contribution in [1.82, 2.24) is 19.5 Å². The number of methoxy groups -OCH3 is 1. The molecule has 0 radical (unpaired) electrons. The Morgan fingerprint density at radius 2 is 2.33 bits per heavy atom. The fraction of sp³-hybridized carbons (Fsp3) is 0.167. The lowest BCUT2D eigenvalue weighted by Crippen LogP contribution is -2.00. The Balaban J connectivity index is 1.87. The molecule has 0 aliphatic rings. The van der Waals surface area contributed by atoms with Crippen LogP contribution in [0, 0.1) is 0 Å². The van der Waals surface area contributed by atoms with Gasteiger partial charge in [0.2, 0.25) is 0 Å². The number of thiophene rings is 1. The van der Waals surface area contributed by atoms with Gasteiger partial charge >= 0.3 is 0 Å². The molecule has 0 aromatic carbocycles. The Labute approximate surface area is 108 Å². The molecular weight excluding hydrogens is 248 g/mol. The van der Waals surface area contributed by atoms with Gasteiger partial charge in [0.1, 0.15) is 0 Å². The van der Waals surface area contributed by atoms with Gasteiger partial charge in [0.15, 0.2) is 16.7 Å². The minimum atomic E-state index is 0.760. The van der Waals surface area contributed by atoms with Crippen LogP contribution in [0.1, 0.15) is 5.56 Å². The summed E-state index contributed by atoms with van der Waals surface area (Å²) < 4.78 is 7.25. The van der Waals surface area contributed by atoms with Crippen molar-refractivity contribution in [3.05, 3.63) is 41.8 Å². The number of aromatic amines is 1. The third-order valence-corrected chi connectivity index (χ3v) is 3.55. The van der Waals surface area contributed by atoms with Crippen LogP contribution in [0.4, 0.5) is 0 Å². The second-order valence-electron chi connectivity index (χ2n) is 3.79. The van der Waals surface area contributed by atoms with E-state index >= 15 is 0 Å². The zero-order valence-electron chi connectivity index (χ0n) is 9.83. The van der Waals surface area contributed by atoms with Gasteiger partial charge in [-0.3, -0.25) is 0 Å². The van der Waals surface area contributed by atoms with Crippen LogP contribution in [-0.4, -0.2) is 26.6 Å². The fourth-order valence-corrected chi connectivity index (χ4v) is 2.51. The molecule has 0 amide bonds. The minimum absolute atomic E-state index is 0.760. The van der Waals surface area contributed by atoms with E-state index in [2.05, 4.69) is 24.9 Å². The first-order valence-electron chi connectivity index (χ1n) is 5.49. The van der Waals surface area contributed by atoms with Crippen LogP contribution in [0.3, 0.4) is 0 Å². The van der Waals surface area contributed by atoms with Gasteiger partial charge in [-0.1, -0.05) is 0 Å². The molecule has 0 fully saturated rings. The van der Waals surface area contributed by atoms with E-state index < -0.39 is 0 Å². The van der Waals surface area contributed by atoms with Crippen molar-refractivity contribution in [2.75, 3.05) is 7.11 Å². The summed E-state index contributed by atoms with van der Waals surface area (Å²) in [5.74, 6) is 1.62. The fourth-order valence-electron chi connectivity index (χ4n) is 1.78. The van der Waals surface area contributed by atoms with E-state index in [-0.39, 0.29) is 0 Å². The predicted octanol–water partition coefficient (Wildman–Crippen LogP) is 2.39. The highest BCUT2D eigenvalue weighted by Crippen LogP contribution is 2.24. The number of imidazole rings is 2. The molecule has 1 N–H and O–H groups in total. The van der Waals surface area contributed by atoms with Crippen molar-refractivity contribution in [2.24, 2.45) is 0 Å². The molecule has 3 rings (SSSR count). The number of ether oxygens (including phenoxy) is 1. The molecule has 0 aliphatic carbocycles. The van der Waals surface area contributed by atoms with Crippen LogP contribution >= 0.6 is 11.3 Å². The molecule has 3 aromatic heterocycles. The first kappa shape index (κ1) is 11.0. The largest absolute Gasteiger partial charge is 0.487 e. The van der Waals surface area contributed by atoms with Crippen LogP contribution in [0.25, 0.3) is 11.6 Å². The number of hydrogen-bond donors (Lipinski definition) is 1. The Bertz CT molecular complexity index is 626. The second-order valence-corrected chi connectivity index (χ2v) is 4.67. The molecule has 0 atom stereocenters. The van der Waals surface area contributed by atoms with E-state index in [1.165, 1.54) is 5.56 Å². The van der Waals surface area contributed by atoms with Crippen molar-refractivity contribution in [2.45, 2.75) is 6.54 Å². The quantitative estimate of drug-likeness (QED) is 0.783. The van der Waals surface area contributed by atoms with E-state index in [9.17, 15) is 0 Å². The third kappa shape index (κ3) is 2.02. The van der Waals surface area contributed by atoms with E-state index in [4.69, 9.17) is 4.74 Å². The highest BCUT2D eigenvalue weighted by Gasteiger charge is 2.09. The Hall–Kier alpha value is -2.08. The molecule has 3 aromatic rings. The van der Waals surface area contributed by atoms with Crippen molar-refractivity contribution in [1.29, 1.82) is 0 Å². The number of aromatic nitrogens is 4. The number of rotatable bonds is 4. The molecule has 92 valence electrons. The zero-order valence-corrected chi connectivity index (χ0v) is 10.6. The average molecular weight is 260 g/mol. The standard InChI is InChI=1S/C12H12N4OS/c1-17-10-6-9(8-18-10)7-16-5-4-15-12(16)11-13-2-3-14-11/h2-6,8H,7H2,1H3,(H,13,14). The molecule has 0 saturated carbocycles. The van der Waals surface area contributed by atoms with Gasteiger partial charge in [-0.2, -0.15) is 0 Å². The van der Waals surface area contributed by atoms with Gasteiger partial charge in [-0.05, 0) is 17.0 Å². The third-order valence-electron chi connectivity index (χ3n) is 2.61. The monoisotopic (exact) mass is 260 g/mol. The molecule has 6 heteroatoms. The molecule has 0 bridgehead atoms. The van der Waals surface area contributed by atoms with Crippen LogP contribution in [0.5, 0.6) is 5.06 Å². The van der Waals surface area contributed by atoms with E-state index in [1.807, 2.05) is 12.3 Å². The molecule has 0 saturated heterocycles. The normalized spacial score (nSPS) is 10.7. The summed E-state index contributed by atoms with van der Waals surface area (Å²) in [7, 11) is 1.68. The van der Waals surface area contributed by atoms with Crippen LogP contribution in [0.2, 0.25) is 0 Å². The van der Waals surface area contributed by atoms with Gasteiger partial charge in [0.05, 0.1) is 13.7 Å². The number of nitrogens with zero attached hydrogens (tertiary/aromatic N) is 3. The molecule has 0 spiro atoms. The topological polar surface area (TPSA) is 55.7 Å².